The van der Waals surface area contributed by atoms with E-state index in [9.17, 15) is 10.1 Å². The van der Waals surface area contributed by atoms with Crippen molar-refractivity contribution in [1.29, 1.82) is 0 Å². The van der Waals surface area contributed by atoms with E-state index >= 15 is 0 Å². The van der Waals surface area contributed by atoms with Gasteiger partial charge in [0.05, 0.1) is 11.1 Å². The minimum absolute atomic E-state index is 0.104. The van der Waals surface area contributed by atoms with Crippen LogP contribution < -0.4 is 5.32 Å². The van der Waals surface area contributed by atoms with Crippen LogP contribution in [0.2, 0.25) is 0 Å². The lowest BCUT2D eigenvalue weighted by molar-refractivity contribution is -0.384. The van der Waals surface area contributed by atoms with Crippen molar-refractivity contribution in [2.24, 2.45) is 12.0 Å². The first-order valence-corrected chi connectivity index (χ1v) is 8.24. The molecule has 2 aromatic rings. The van der Waals surface area contributed by atoms with Crippen LogP contribution in [-0.2, 0) is 13.6 Å². The third-order valence-electron chi connectivity index (χ3n) is 4.49. The van der Waals surface area contributed by atoms with Gasteiger partial charge >= 0.3 is 0 Å². The molecule has 0 radical (unpaired) electrons. The van der Waals surface area contributed by atoms with Crippen molar-refractivity contribution in [3.8, 4) is 0 Å². The van der Waals surface area contributed by atoms with Crippen molar-refractivity contribution in [2.75, 3.05) is 20.1 Å². The molecule has 2 heterocycles. The molecular weight excluding hydrogens is 320 g/mol. The quantitative estimate of drug-likeness (QED) is 0.397. The van der Waals surface area contributed by atoms with Gasteiger partial charge in [-0.3, -0.25) is 19.8 Å². The first kappa shape index (κ1) is 16.9. The molecule has 25 heavy (non-hydrogen) atoms. The van der Waals surface area contributed by atoms with Crippen LogP contribution in [0, 0.1) is 10.1 Å². The maximum Gasteiger partial charge on any atom is 0.269 e. The summed E-state index contributed by atoms with van der Waals surface area (Å²) in [5.41, 5.74) is 2.34. The number of rotatable bonds is 4. The molecule has 0 saturated carbocycles. The van der Waals surface area contributed by atoms with Gasteiger partial charge in [0.15, 0.2) is 5.96 Å². The second-order valence-corrected chi connectivity index (χ2v) is 6.20. The summed E-state index contributed by atoms with van der Waals surface area (Å²) in [4.78, 5) is 16.9. The maximum absolute atomic E-state index is 10.7. The third kappa shape index (κ3) is 3.96. The minimum Gasteiger partial charge on any atom is -0.352 e. The summed E-state index contributed by atoms with van der Waals surface area (Å²) in [6.45, 7) is 2.43. The van der Waals surface area contributed by atoms with Gasteiger partial charge in [0, 0.05) is 58.0 Å². The summed E-state index contributed by atoms with van der Waals surface area (Å²) in [5.74, 6) is 1.32. The molecule has 0 aliphatic carbocycles. The molecule has 8 nitrogen and oxygen atoms in total. The molecular formula is C17H22N6O2. The van der Waals surface area contributed by atoms with Crippen LogP contribution in [0.4, 0.5) is 5.69 Å². The van der Waals surface area contributed by atoms with Gasteiger partial charge in [-0.2, -0.15) is 5.10 Å². The molecule has 1 saturated heterocycles. The van der Waals surface area contributed by atoms with Gasteiger partial charge in [-0.15, -0.1) is 0 Å². The lowest BCUT2D eigenvalue weighted by atomic mass is 10.0. The Morgan fingerprint density at radius 3 is 2.80 bits per heavy atom. The summed E-state index contributed by atoms with van der Waals surface area (Å²) in [5, 5.41) is 18.3. The molecule has 1 aromatic heterocycles. The zero-order valence-corrected chi connectivity index (χ0v) is 14.4. The average molecular weight is 342 g/mol. The van der Waals surface area contributed by atoms with E-state index in [-0.39, 0.29) is 10.6 Å². The fourth-order valence-corrected chi connectivity index (χ4v) is 3.12. The maximum atomic E-state index is 10.7. The molecule has 1 atom stereocenters. The summed E-state index contributed by atoms with van der Waals surface area (Å²) in [6.07, 6.45) is 5.08. The Kier molecular flexibility index (Phi) is 4.97. The number of nitro groups is 1. The van der Waals surface area contributed by atoms with Gasteiger partial charge in [0.2, 0.25) is 0 Å². The van der Waals surface area contributed by atoms with Crippen molar-refractivity contribution in [1.82, 2.24) is 20.0 Å². The average Bonchev–Trinajstić information content (AvgIpc) is 3.25. The lowest BCUT2D eigenvalue weighted by Gasteiger charge is -2.21. The molecule has 3 rings (SSSR count). The summed E-state index contributed by atoms with van der Waals surface area (Å²) >= 11 is 0. The summed E-state index contributed by atoms with van der Waals surface area (Å²) in [7, 11) is 3.70. The van der Waals surface area contributed by atoms with Crippen molar-refractivity contribution in [3.63, 3.8) is 0 Å². The van der Waals surface area contributed by atoms with Crippen molar-refractivity contribution < 1.29 is 4.92 Å². The van der Waals surface area contributed by atoms with Gasteiger partial charge in [0.1, 0.15) is 0 Å². The number of aromatic nitrogens is 2. The number of benzene rings is 1. The molecule has 1 aliphatic heterocycles. The Labute approximate surface area is 146 Å². The zero-order valence-electron chi connectivity index (χ0n) is 14.4. The Hall–Kier alpha value is -2.90. The monoisotopic (exact) mass is 342 g/mol. The standard InChI is InChI=1S/C17H22N6O2/c1-18-17(19-9-13-3-5-16(6-4-13)23(24)25)22-8-7-14(12-22)15-10-20-21(2)11-15/h3-6,10-11,14H,7-9,12H2,1-2H3,(H,18,19). The van der Waals surface area contributed by atoms with Crippen LogP contribution >= 0.6 is 0 Å². The fourth-order valence-electron chi connectivity index (χ4n) is 3.12. The number of aryl methyl sites for hydroxylation is 1. The highest BCUT2D eigenvalue weighted by Gasteiger charge is 2.26. The van der Waals surface area contributed by atoms with Crippen LogP contribution in [0.3, 0.4) is 0 Å². The smallest absolute Gasteiger partial charge is 0.269 e. The van der Waals surface area contributed by atoms with Crippen LogP contribution in [0.5, 0.6) is 0 Å². The Bertz CT molecular complexity index is 768. The van der Waals surface area contributed by atoms with E-state index in [1.54, 1.807) is 19.2 Å². The number of nitro benzene ring substituents is 1. The van der Waals surface area contributed by atoms with E-state index in [0.717, 1.165) is 31.0 Å². The summed E-state index contributed by atoms with van der Waals surface area (Å²) < 4.78 is 1.83. The van der Waals surface area contributed by atoms with Gasteiger partial charge in [0.25, 0.3) is 5.69 Å². The number of nitrogens with one attached hydrogen (secondary N) is 1. The molecule has 8 heteroatoms. The van der Waals surface area contributed by atoms with Crippen LogP contribution in [-0.4, -0.2) is 45.7 Å². The number of hydrogen-bond donors (Lipinski definition) is 1. The van der Waals surface area contributed by atoms with Crippen molar-refractivity contribution >= 4 is 11.6 Å². The molecule has 1 fully saturated rings. The van der Waals surface area contributed by atoms with Gasteiger partial charge < -0.3 is 10.2 Å². The number of guanidine groups is 1. The Balaban J connectivity index is 1.57. The van der Waals surface area contributed by atoms with E-state index in [1.165, 1.54) is 17.7 Å². The molecule has 1 unspecified atom stereocenters. The number of nitrogens with zero attached hydrogens (tertiary/aromatic N) is 5. The highest BCUT2D eigenvalue weighted by Crippen LogP contribution is 2.26. The number of aliphatic imine (C=N–C) groups is 1. The van der Waals surface area contributed by atoms with E-state index in [4.69, 9.17) is 0 Å². The van der Waals surface area contributed by atoms with Gasteiger partial charge in [-0.25, -0.2) is 0 Å². The molecule has 0 bridgehead atoms. The first-order chi connectivity index (χ1) is 12.1. The largest absolute Gasteiger partial charge is 0.352 e. The third-order valence-corrected chi connectivity index (χ3v) is 4.49. The molecule has 1 N–H and O–H groups in total. The van der Waals surface area contributed by atoms with E-state index in [2.05, 4.69) is 26.5 Å². The normalized spacial score (nSPS) is 17.8. The zero-order chi connectivity index (χ0) is 17.8. The number of likely N-dealkylation sites (tertiary alicyclic amines) is 1. The van der Waals surface area contributed by atoms with E-state index < -0.39 is 0 Å². The molecule has 1 aromatic carbocycles. The summed E-state index contributed by atoms with van der Waals surface area (Å²) in [6, 6.07) is 6.57. The highest BCUT2D eigenvalue weighted by atomic mass is 16.6. The lowest BCUT2D eigenvalue weighted by Crippen LogP contribution is -2.39. The van der Waals surface area contributed by atoms with E-state index in [0.29, 0.717) is 12.5 Å². The molecule has 132 valence electrons. The predicted octanol–water partition coefficient (Wildman–Crippen LogP) is 1.89. The van der Waals surface area contributed by atoms with E-state index in [1.807, 2.05) is 17.9 Å². The SMILES string of the molecule is CN=C(NCc1ccc([N+](=O)[O-])cc1)N1CCC(c2cnn(C)c2)C1. The van der Waals surface area contributed by atoms with Crippen LogP contribution in [0.1, 0.15) is 23.5 Å². The minimum atomic E-state index is -0.390. The van der Waals surface area contributed by atoms with Gasteiger partial charge in [-0.05, 0) is 17.5 Å². The number of non-ortho nitro benzene ring substituents is 1. The fraction of sp³-hybridized carbons (Fsp3) is 0.412. The van der Waals surface area contributed by atoms with Crippen molar-refractivity contribution in [2.45, 2.75) is 18.9 Å². The molecule has 1 aliphatic rings. The highest BCUT2D eigenvalue weighted by molar-refractivity contribution is 5.80. The van der Waals surface area contributed by atoms with Crippen LogP contribution in [0.25, 0.3) is 0 Å². The predicted molar refractivity (Wildman–Crippen MR) is 95.4 cm³/mol. The molecule has 0 spiro atoms. The Morgan fingerprint density at radius 2 is 2.20 bits per heavy atom. The first-order valence-electron chi connectivity index (χ1n) is 8.24. The Morgan fingerprint density at radius 1 is 1.44 bits per heavy atom. The van der Waals surface area contributed by atoms with Crippen LogP contribution in [0.15, 0.2) is 41.7 Å². The number of hydrogen-bond acceptors (Lipinski definition) is 4. The van der Waals surface area contributed by atoms with Crippen molar-refractivity contribution in [3.05, 3.63) is 57.9 Å². The molecule has 0 amide bonds. The van der Waals surface area contributed by atoms with Gasteiger partial charge in [-0.1, -0.05) is 12.1 Å². The topological polar surface area (TPSA) is 88.6 Å². The second kappa shape index (κ2) is 7.33. The second-order valence-electron chi connectivity index (χ2n) is 6.20.